The molecule has 202 valence electrons. The zero-order valence-corrected chi connectivity index (χ0v) is 20.4. The maximum atomic E-state index is 11.3. The number of hydrogen-bond acceptors (Lipinski definition) is 10. The second-order valence-electron chi connectivity index (χ2n) is 8.75. The zero-order chi connectivity index (χ0) is 27.1. The van der Waals surface area contributed by atoms with Crippen LogP contribution >= 0.6 is 0 Å². The number of aliphatic hydroxyl groups is 4. The van der Waals surface area contributed by atoms with Gasteiger partial charge in [0, 0.05) is 12.6 Å². The Kier molecular flexibility index (Phi) is 9.80. The Labute approximate surface area is 213 Å². The first-order chi connectivity index (χ1) is 17.6. The molecule has 37 heavy (non-hydrogen) atoms. The fourth-order valence-electron chi connectivity index (χ4n) is 3.93. The van der Waals surface area contributed by atoms with Gasteiger partial charge in [-0.3, -0.25) is 4.79 Å². The van der Waals surface area contributed by atoms with E-state index in [-0.39, 0.29) is 24.0 Å². The second kappa shape index (κ2) is 12.8. The number of benzene rings is 2. The molecule has 3 rings (SSSR count). The van der Waals surface area contributed by atoms with E-state index in [9.17, 15) is 35.1 Å². The molecule has 0 spiro atoms. The summed E-state index contributed by atoms with van der Waals surface area (Å²) in [5.41, 5.74) is 1.66. The van der Waals surface area contributed by atoms with E-state index in [1.165, 1.54) is 18.2 Å². The number of carbonyl (C=O) groups is 2. The summed E-state index contributed by atoms with van der Waals surface area (Å²) in [6.45, 7) is 2.20. The molecule has 0 radical (unpaired) electrons. The highest BCUT2D eigenvalue weighted by Gasteiger charge is 2.48. The third-order valence-electron chi connectivity index (χ3n) is 6.02. The van der Waals surface area contributed by atoms with Gasteiger partial charge in [-0.1, -0.05) is 18.2 Å². The van der Waals surface area contributed by atoms with Gasteiger partial charge in [-0.2, -0.15) is 0 Å². The number of rotatable bonds is 12. The highest BCUT2D eigenvalue weighted by molar-refractivity contribution is 5.76. The van der Waals surface area contributed by atoms with Crippen LogP contribution in [0.1, 0.15) is 24.2 Å². The van der Waals surface area contributed by atoms with Crippen LogP contribution in [0.15, 0.2) is 42.5 Å². The van der Waals surface area contributed by atoms with Crippen LogP contribution in [0.4, 0.5) is 5.69 Å². The van der Waals surface area contributed by atoms with Crippen molar-refractivity contribution in [2.75, 3.05) is 19.0 Å². The van der Waals surface area contributed by atoms with Crippen LogP contribution < -0.4 is 20.1 Å². The average molecular weight is 521 g/mol. The van der Waals surface area contributed by atoms with Crippen molar-refractivity contribution in [3.63, 3.8) is 0 Å². The average Bonchev–Trinajstić information content (AvgIpc) is 2.88. The van der Waals surface area contributed by atoms with Gasteiger partial charge in [-0.25, -0.2) is 4.79 Å². The topological polar surface area (TPSA) is 187 Å². The smallest absolute Gasteiger partial charge is 0.335 e. The Morgan fingerprint density at radius 2 is 1.81 bits per heavy atom. The van der Waals surface area contributed by atoms with Crippen LogP contribution in [0.5, 0.6) is 11.5 Å². The second-order valence-corrected chi connectivity index (χ2v) is 8.75. The molecule has 2 aromatic carbocycles. The molecule has 1 heterocycles. The summed E-state index contributed by atoms with van der Waals surface area (Å²) < 4.78 is 15.8. The molecule has 1 saturated heterocycles. The number of carbonyl (C=O) groups excluding carboxylic acids is 1. The van der Waals surface area contributed by atoms with Crippen LogP contribution in [-0.2, 0) is 20.7 Å². The van der Waals surface area contributed by atoms with Crippen molar-refractivity contribution in [1.82, 2.24) is 5.32 Å². The van der Waals surface area contributed by atoms with Crippen molar-refractivity contribution in [2.24, 2.45) is 0 Å². The van der Waals surface area contributed by atoms with Gasteiger partial charge in [0.2, 0.25) is 12.7 Å². The molecule has 0 aliphatic carbocycles. The van der Waals surface area contributed by atoms with Gasteiger partial charge in [-0.05, 0) is 48.7 Å². The highest BCUT2D eigenvalue weighted by Crippen LogP contribution is 2.32. The number of methoxy groups -OCH3 is 1. The maximum absolute atomic E-state index is 11.3. The van der Waals surface area contributed by atoms with Gasteiger partial charge in [0.05, 0.1) is 18.9 Å². The third-order valence-corrected chi connectivity index (χ3v) is 6.02. The number of hydrogen-bond donors (Lipinski definition) is 7. The van der Waals surface area contributed by atoms with Gasteiger partial charge in [-0.15, -0.1) is 0 Å². The fraction of sp³-hybridized carbons (Fsp3) is 0.440. The normalized spacial score (nSPS) is 25.1. The van der Waals surface area contributed by atoms with Crippen LogP contribution in [0.2, 0.25) is 0 Å². The van der Waals surface area contributed by atoms with Crippen molar-refractivity contribution >= 4 is 18.1 Å². The molecule has 2 unspecified atom stereocenters. The lowest BCUT2D eigenvalue weighted by molar-refractivity contribution is -0.271. The summed E-state index contributed by atoms with van der Waals surface area (Å²) in [5.74, 6) is -0.793. The van der Waals surface area contributed by atoms with Crippen LogP contribution in [0.3, 0.4) is 0 Å². The lowest BCUT2D eigenvalue weighted by Gasteiger charge is -2.38. The number of aliphatic carboxylic acids is 1. The van der Waals surface area contributed by atoms with Crippen molar-refractivity contribution in [3.8, 4) is 11.5 Å². The van der Waals surface area contributed by atoms with E-state index < -0.39 is 42.8 Å². The molecule has 12 heteroatoms. The molecular weight excluding hydrogens is 488 g/mol. The highest BCUT2D eigenvalue weighted by atomic mass is 16.7. The molecule has 0 aromatic heterocycles. The molecule has 0 saturated carbocycles. The number of anilines is 1. The number of carboxylic acids is 1. The molecule has 1 amide bonds. The summed E-state index contributed by atoms with van der Waals surface area (Å²) in [7, 11) is 1.60. The minimum absolute atomic E-state index is 0.0133. The quantitative estimate of drug-likeness (QED) is 0.184. The van der Waals surface area contributed by atoms with Gasteiger partial charge in [0.25, 0.3) is 0 Å². The summed E-state index contributed by atoms with van der Waals surface area (Å²) in [4.78, 5) is 22.5. The number of ether oxygens (including phenoxy) is 3. The van der Waals surface area contributed by atoms with E-state index in [0.717, 1.165) is 17.7 Å². The van der Waals surface area contributed by atoms with Gasteiger partial charge in [0.15, 0.2) is 6.10 Å². The van der Waals surface area contributed by atoms with Crippen molar-refractivity contribution in [2.45, 2.75) is 56.2 Å². The Hall–Kier alpha value is -3.26. The molecule has 2 aromatic rings. The molecule has 7 atom stereocenters. The Morgan fingerprint density at radius 3 is 2.43 bits per heavy atom. The predicted molar refractivity (Wildman–Crippen MR) is 130 cm³/mol. The molecule has 1 aliphatic rings. The first-order valence-corrected chi connectivity index (χ1v) is 11.6. The zero-order valence-electron chi connectivity index (χ0n) is 20.4. The van der Waals surface area contributed by atoms with Gasteiger partial charge >= 0.3 is 5.97 Å². The number of carboxylic acid groups (broad SMARTS) is 1. The lowest BCUT2D eigenvalue weighted by Crippen LogP contribution is -2.61. The summed E-state index contributed by atoms with van der Waals surface area (Å²) in [5, 5.41) is 55.6. The van der Waals surface area contributed by atoms with Gasteiger partial charge in [0.1, 0.15) is 29.8 Å². The summed E-state index contributed by atoms with van der Waals surface area (Å²) in [6.07, 6.45) is -8.79. The Balaban J connectivity index is 1.65. The van der Waals surface area contributed by atoms with Crippen molar-refractivity contribution in [1.29, 1.82) is 0 Å². The SMILES string of the molecule is COc1ccc(CC(C)NCC(O)c2ccc(O[C@@H]3O[C@H](C(=O)O)[C@@H](O)[C@H](O)[C@H]3O)c(NC=O)c2)cc1. The molecule has 1 aliphatic heterocycles. The van der Waals surface area contributed by atoms with E-state index in [1.807, 2.05) is 31.2 Å². The van der Waals surface area contributed by atoms with Gasteiger partial charge < -0.3 is 50.4 Å². The minimum Gasteiger partial charge on any atom is -0.497 e. The molecule has 7 N–H and O–H groups in total. The molecule has 0 bridgehead atoms. The summed E-state index contributed by atoms with van der Waals surface area (Å²) in [6, 6.07) is 12.1. The van der Waals surface area contributed by atoms with E-state index in [1.54, 1.807) is 7.11 Å². The van der Waals surface area contributed by atoms with Crippen molar-refractivity contribution in [3.05, 3.63) is 53.6 Å². The fourth-order valence-corrected chi connectivity index (χ4v) is 3.93. The largest absolute Gasteiger partial charge is 0.497 e. The predicted octanol–water partition coefficient (Wildman–Crippen LogP) is -0.211. The first kappa shape index (κ1) is 28.3. The monoisotopic (exact) mass is 520 g/mol. The van der Waals surface area contributed by atoms with Crippen molar-refractivity contribution < 1.29 is 49.3 Å². The van der Waals surface area contributed by atoms with E-state index in [4.69, 9.17) is 14.2 Å². The number of nitrogens with one attached hydrogen (secondary N) is 2. The molecular formula is C25H32N2O10. The van der Waals surface area contributed by atoms with E-state index in [2.05, 4.69) is 10.6 Å². The maximum Gasteiger partial charge on any atom is 0.335 e. The Bertz CT molecular complexity index is 1050. The van der Waals surface area contributed by atoms with Crippen LogP contribution in [-0.4, -0.2) is 88.3 Å². The number of amides is 1. The molecule has 12 nitrogen and oxygen atoms in total. The van der Waals surface area contributed by atoms with E-state index >= 15 is 0 Å². The molecule has 1 fully saturated rings. The van der Waals surface area contributed by atoms with Crippen LogP contribution in [0, 0.1) is 0 Å². The first-order valence-electron chi connectivity index (χ1n) is 11.6. The van der Waals surface area contributed by atoms with E-state index in [0.29, 0.717) is 12.0 Å². The third kappa shape index (κ3) is 7.16. The summed E-state index contributed by atoms with van der Waals surface area (Å²) >= 11 is 0. The lowest BCUT2D eigenvalue weighted by atomic mass is 9.99. The number of aliphatic hydroxyl groups excluding tert-OH is 4. The Morgan fingerprint density at radius 1 is 1.11 bits per heavy atom. The van der Waals surface area contributed by atoms with Crippen LogP contribution in [0.25, 0.3) is 0 Å². The minimum atomic E-state index is -1.86. The standard InChI is InChI=1S/C25H32N2O10/c1-13(9-14-3-6-16(35-2)7-4-14)26-11-18(29)15-5-8-19(17(10-15)27-12-28)36-25-22(32)20(30)21(31)23(37-25)24(33)34/h3-8,10,12-13,18,20-23,25-26,29-32H,9,11H2,1-2H3,(H,27,28)(H,33,34)/t13?,18?,20-,21-,22+,23-,25+/m0/s1.